The minimum absolute atomic E-state index is 0.0947. The van der Waals surface area contributed by atoms with Gasteiger partial charge in [0.1, 0.15) is 10.6 Å². The molecule has 128 valence electrons. The minimum Gasteiger partial charge on any atom is -0.495 e. The van der Waals surface area contributed by atoms with E-state index in [-0.39, 0.29) is 23.5 Å². The van der Waals surface area contributed by atoms with Crippen molar-refractivity contribution in [2.75, 3.05) is 14.2 Å². The Morgan fingerprint density at radius 2 is 2.00 bits per heavy atom. The second kappa shape index (κ2) is 7.42. The van der Waals surface area contributed by atoms with Crippen molar-refractivity contribution in [2.24, 2.45) is 5.73 Å². The molecular weight excluding hydrogens is 324 g/mol. The van der Waals surface area contributed by atoms with E-state index in [0.717, 1.165) is 4.31 Å². The zero-order chi connectivity index (χ0) is 17.8. The Morgan fingerprint density at radius 3 is 2.48 bits per heavy atom. The average molecular weight is 344 g/mol. The molecule has 1 unspecified atom stereocenters. The van der Waals surface area contributed by atoms with Gasteiger partial charge in [-0.1, -0.05) is 6.07 Å². The number of hydrogen-bond acceptors (Lipinski definition) is 5. The molecule has 8 nitrogen and oxygen atoms in total. The third-order valence-corrected chi connectivity index (χ3v) is 5.35. The van der Waals surface area contributed by atoms with E-state index in [4.69, 9.17) is 15.6 Å². The molecule has 1 aromatic carbocycles. The number of nitrogens with two attached hydrogens (primary N) is 1. The summed E-state index contributed by atoms with van der Waals surface area (Å²) >= 11 is 0. The summed E-state index contributed by atoms with van der Waals surface area (Å²) in [5.74, 6) is -1.60. The van der Waals surface area contributed by atoms with Crippen LogP contribution in [0.25, 0.3) is 0 Å². The van der Waals surface area contributed by atoms with Crippen LogP contribution in [0.2, 0.25) is 0 Å². The van der Waals surface area contributed by atoms with E-state index in [1.54, 1.807) is 6.92 Å². The lowest BCUT2D eigenvalue weighted by Gasteiger charge is -2.24. The normalized spacial score (nSPS) is 12.9. The third kappa shape index (κ3) is 4.67. The average Bonchev–Trinajstić information content (AvgIpc) is 2.44. The number of ether oxygens (including phenoxy) is 1. The fourth-order valence-electron chi connectivity index (χ4n) is 2.02. The number of carboxylic acids is 1. The van der Waals surface area contributed by atoms with E-state index in [9.17, 15) is 18.0 Å². The number of carbonyl (C=O) groups is 2. The Morgan fingerprint density at radius 1 is 1.39 bits per heavy atom. The summed E-state index contributed by atoms with van der Waals surface area (Å²) in [6.07, 6.45) is -0.445. The molecule has 0 heterocycles. The first-order valence-electron chi connectivity index (χ1n) is 6.74. The maximum Gasteiger partial charge on any atom is 0.307 e. The number of amides is 1. The zero-order valence-corrected chi connectivity index (χ0v) is 14.0. The summed E-state index contributed by atoms with van der Waals surface area (Å²) < 4.78 is 31.5. The molecule has 1 aromatic rings. The Bertz CT molecular complexity index is 701. The van der Waals surface area contributed by atoms with Crippen molar-refractivity contribution in [2.45, 2.75) is 30.7 Å². The van der Waals surface area contributed by atoms with Gasteiger partial charge >= 0.3 is 5.97 Å². The minimum atomic E-state index is -3.98. The van der Waals surface area contributed by atoms with Crippen molar-refractivity contribution >= 4 is 21.9 Å². The Hall–Kier alpha value is -2.13. The predicted molar refractivity (Wildman–Crippen MR) is 82.6 cm³/mol. The topological polar surface area (TPSA) is 127 Å². The lowest BCUT2D eigenvalue weighted by Crippen LogP contribution is -2.37. The molecule has 0 bridgehead atoms. The van der Waals surface area contributed by atoms with Crippen LogP contribution in [0.1, 0.15) is 18.9 Å². The van der Waals surface area contributed by atoms with E-state index in [1.807, 2.05) is 0 Å². The predicted octanol–water partition coefficient (Wildman–Crippen LogP) is 0.207. The van der Waals surface area contributed by atoms with Gasteiger partial charge < -0.3 is 15.6 Å². The van der Waals surface area contributed by atoms with Crippen molar-refractivity contribution in [1.82, 2.24) is 4.31 Å². The van der Waals surface area contributed by atoms with Gasteiger partial charge in [-0.25, -0.2) is 8.42 Å². The van der Waals surface area contributed by atoms with Crippen LogP contribution < -0.4 is 10.5 Å². The molecule has 0 spiro atoms. The highest BCUT2D eigenvalue weighted by atomic mass is 32.2. The first kappa shape index (κ1) is 18.9. The van der Waals surface area contributed by atoms with Gasteiger partial charge in [0.25, 0.3) is 0 Å². The molecule has 0 saturated heterocycles. The number of carbonyl (C=O) groups excluding carboxylic acids is 1. The maximum absolute atomic E-state index is 12.7. The van der Waals surface area contributed by atoms with Gasteiger partial charge in [-0.15, -0.1) is 0 Å². The number of carboxylic acid groups (broad SMARTS) is 1. The van der Waals surface area contributed by atoms with Gasteiger partial charge in [-0.3, -0.25) is 9.59 Å². The highest BCUT2D eigenvalue weighted by molar-refractivity contribution is 7.89. The van der Waals surface area contributed by atoms with Crippen LogP contribution >= 0.6 is 0 Å². The molecule has 1 rings (SSSR count). The first-order chi connectivity index (χ1) is 10.6. The smallest absolute Gasteiger partial charge is 0.307 e. The van der Waals surface area contributed by atoms with Gasteiger partial charge in [0, 0.05) is 19.5 Å². The number of methoxy groups -OCH3 is 1. The SMILES string of the molecule is COc1ccc(CC(=O)O)cc1S(=O)(=O)N(C)C(C)CC(N)=O. The molecule has 1 amide bonds. The highest BCUT2D eigenvalue weighted by Crippen LogP contribution is 2.28. The van der Waals surface area contributed by atoms with Gasteiger partial charge in [0.05, 0.1) is 13.5 Å². The van der Waals surface area contributed by atoms with Crippen molar-refractivity contribution in [3.05, 3.63) is 23.8 Å². The summed E-state index contributed by atoms with van der Waals surface area (Å²) in [5, 5.41) is 8.84. The molecule has 23 heavy (non-hydrogen) atoms. The fraction of sp³-hybridized carbons (Fsp3) is 0.429. The van der Waals surface area contributed by atoms with Crippen LogP contribution in [0.5, 0.6) is 5.75 Å². The molecule has 0 aliphatic rings. The van der Waals surface area contributed by atoms with Gasteiger partial charge in [0.2, 0.25) is 15.9 Å². The monoisotopic (exact) mass is 344 g/mol. The zero-order valence-electron chi connectivity index (χ0n) is 13.1. The van der Waals surface area contributed by atoms with Crippen molar-refractivity contribution in [3.8, 4) is 5.75 Å². The number of rotatable bonds is 8. The number of primary amides is 1. The van der Waals surface area contributed by atoms with E-state index >= 15 is 0 Å². The Labute approximate surface area is 134 Å². The van der Waals surface area contributed by atoms with Crippen molar-refractivity contribution in [3.63, 3.8) is 0 Å². The number of benzene rings is 1. The lowest BCUT2D eigenvalue weighted by molar-refractivity contribution is -0.136. The van der Waals surface area contributed by atoms with Crippen LogP contribution in [0.3, 0.4) is 0 Å². The van der Waals surface area contributed by atoms with E-state index in [2.05, 4.69) is 0 Å². The number of sulfonamides is 1. The molecule has 0 fully saturated rings. The molecule has 0 radical (unpaired) electrons. The summed E-state index contributed by atoms with van der Waals surface area (Å²) in [6.45, 7) is 1.55. The molecule has 3 N–H and O–H groups in total. The summed E-state index contributed by atoms with van der Waals surface area (Å²) in [4.78, 5) is 21.6. The second-order valence-electron chi connectivity index (χ2n) is 5.10. The first-order valence-corrected chi connectivity index (χ1v) is 8.18. The molecule has 0 aromatic heterocycles. The second-order valence-corrected chi connectivity index (χ2v) is 7.06. The van der Waals surface area contributed by atoms with Crippen molar-refractivity contribution < 1.29 is 27.9 Å². The van der Waals surface area contributed by atoms with Crippen molar-refractivity contribution in [1.29, 1.82) is 0 Å². The quantitative estimate of drug-likeness (QED) is 0.694. The molecule has 0 aliphatic carbocycles. The van der Waals surface area contributed by atoms with Gasteiger partial charge in [-0.2, -0.15) is 4.31 Å². The Kier molecular flexibility index (Phi) is 6.11. The summed E-state index contributed by atoms with van der Waals surface area (Å²) in [6, 6.07) is 3.50. The van der Waals surface area contributed by atoms with E-state index < -0.39 is 27.9 Å². The maximum atomic E-state index is 12.7. The lowest BCUT2D eigenvalue weighted by atomic mass is 10.1. The van der Waals surface area contributed by atoms with Crippen LogP contribution in [-0.2, 0) is 26.0 Å². The van der Waals surface area contributed by atoms with Gasteiger partial charge in [-0.05, 0) is 24.6 Å². The largest absolute Gasteiger partial charge is 0.495 e. The van der Waals surface area contributed by atoms with Crippen LogP contribution in [0.4, 0.5) is 0 Å². The number of hydrogen-bond donors (Lipinski definition) is 2. The number of aliphatic carboxylic acids is 1. The fourth-order valence-corrected chi connectivity index (χ4v) is 3.58. The molecule has 0 aliphatic heterocycles. The Balaban J connectivity index is 3.29. The standard InChI is InChI=1S/C14H20N2O6S/c1-9(6-13(15)17)16(2)23(20,21)12-7-10(8-14(18)19)4-5-11(12)22-3/h4-5,7,9H,6,8H2,1-3H3,(H2,15,17)(H,18,19). The van der Waals surface area contributed by atoms with Crippen LogP contribution in [0, 0.1) is 0 Å². The summed E-state index contributed by atoms with van der Waals surface area (Å²) in [7, 11) is -1.33. The summed E-state index contributed by atoms with van der Waals surface area (Å²) in [5.41, 5.74) is 5.42. The van der Waals surface area contributed by atoms with Crippen LogP contribution in [-0.4, -0.2) is 49.9 Å². The molecule has 1 atom stereocenters. The van der Waals surface area contributed by atoms with Gasteiger partial charge in [0.15, 0.2) is 0 Å². The highest BCUT2D eigenvalue weighted by Gasteiger charge is 2.29. The van der Waals surface area contributed by atoms with E-state index in [0.29, 0.717) is 5.56 Å². The molecule has 0 saturated carbocycles. The molecular formula is C14H20N2O6S. The molecule has 9 heteroatoms. The van der Waals surface area contributed by atoms with Crippen LogP contribution in [0.15, 0.2) is 23.1 Å². The van der Waals surface area contributed by atoms with E-state index in [1.165, 1.54) is 32.4 Å². The third-order valence-electron chi connectivity index (χ3n) is 3.36. The number of nitrogens with zero attached hydrogens (tertiary/aromatic N) is 1.